The summed E-state index contributed by atoms with van der Waals surface area (Å²) in [5.74, 6) is 0. The van der Waals surface area contributed by atoms with E-state index >= 15 is 0 Å². The number of halogens is 1. The number of sulfone groups is 1. The molecule has 0 heterocycles. The van der Waals surface area contributed by atoms with Gasteiger partial charge in [-0.3, -0.25) is 0 Å². The van der Waals surface area contributed by atoms with Crippen molar-refractivity contribution in [1.82, 2.24) is 0 Å². The lowest BCUT2D eigenvalue weighted by atomic mass is 10.2. The molecule has 1 aromatic rings. The second kappa shape index (κ2) is 5.12. The van der Waals surface area contributed by atoms with Gasteiger partial charge in [-0.15, -0.1) is 0 Å². The van der Waals surface area contributed by atoms with E-state index in [2.05, 4.69) is 0 Å². The Hall–Kier alpha value is -0.360. The first-order valence-corrected chi connectivity index (χ1v) is 7.29. The van der Waals surface area contributed by atoms with Gasteiger partial charge >= 0.3 is 0 Å². The fourth-order valence-corrected chi connectivity index (χ4v) is 3.07. The van der Waals surface area contributed by atoms with E-state index in [-0.39, 0.29) is 5.25 Å². The molecule has 0 spiro atoms. The zero-order valence-electron chi connectivity index (χ0n) is 8.64. The molecule has 0 saturated heterocycles. The highest BCUT2D eigenvalue weighted by molar-refractivity contribution is 14.1. The van der Waals surface area contributed by atoms with Gasteiger partial charge in [-0.25, -0.2) is 8.42 Å². The van der Waals surface area contributed by atoms with Crippen LogP contribution in [0.15, 0.2) is 35.7 Å². The van der Waals surface area contributed by atoms with Crippen LogP contribution in [0.25, 0.3) is 3.58 Å². The van der Waals surface area contributed by atoms with Crippen LogP contribution in [0.3, 0.4) is 0 Å². The normalized spacial score (nSPS) is 13.2. The van der Waals surface area contributed by atoms with Gasteiger partial charge in [-0.2, -0.15) is 0 Å². The van der Waals surface area contributed by atoms with E-state index in [4.69, 9.17) is 0 Å². The predicted octanol–water partition coefficient (Wildman–Crippen LogP) is 3.24. The molecule has 1 rings (SSSR count). The first-order chi connectivity index (χ1) is 6.93. The minimum Gasteiger partial charge on any atom is -0.224 e. The largest absolute Gasteiger partial charge is 0.224 e. The molecule has 0 saturated carbocycles. The van der Waals surface area contributed by atoms with Crippen LogP contribution in [0.5, 0.6) is 0 Å². The standard InChI is InChI=1S/C11H13IO2S/c1-9(2)15(13,14)8-11(12)10-6-4-3-5-7-10/h3-9H,1-2H3/b11-8-. The van der Waals surface area contributed by atoms with Crippen LogP contribution in [-0.4, -0.2) is 13.7 Å². The molecular weight excluding hydrogens is 323 g/mol. The maximum atomic E-state index is 11.6. The predicted molar refractivity (Wildman–Crippen MR) is 72.5 cm³/mol. The molecule has 4 heteroatoms. The third-order valence-electron chi connectivity index (χ3n) is 1.97. The van der Waals surface area contributed by atoms with Gasteiger partial charge in [-0.1, -0.05) is 30.3 Å². The lowest BCUT2D eigenvalue weighted by Gasteiger charge is -2.04. The first kappa shape index (κ1) is 12.7. The fraction of sp³-hybridized carbons (Fsp3) is 0.273. The molecule has 82 valence electrons. The van der Waals surface area contributed by atoms with Crippen LogP contribution in [0, 0.1) is 0 Å². The van der Waals surface area contributed by atoms with E-state index in [9.17, 15) is 8.42 Å². The summed E-state index contributed by atoms with van der Waals surface area (Å²) < 4.78 is 24.0. The summed E-state index contributed by atoms with van der Waals surface area (Å²) >= 11 is 2.05. The molecule has 0 atom stereocenters. The highest BCUT2D eigenvalue weighted by atomic mass is 127. The Kier molecular flexibility index (Phi) is 4.33. The van der Waals surface area contributed by atoms with E-state index in [1.165, 1.54) is 5.41 Å². The molecule has 0 radical (unpaired) electrons. The topological polar surface area (TPSA) is 34.1 Å². The highest BCUT2D eigenvalue weighted by Gasteiger charge is 2.13. The minimum absolute atomic E-state index is 0.369. The van der Waals surface area contributed by atoms with Crippen molar-refractivity contribution < 1.29 is 8.42 Å². The van der Waals surface area contributed by atoms with E-state index < -0.39 is 9.84 Å². The Balaban J connectivity index is 3.06. The van der Waals surface area contributed by atoms with Crippen molar-refractivity contribution in [3.8, 4) is 0 Å². The Morgan fingerprint density at radius 3 is 2.27 bits per heavy atom. The zero-order valence-corrected chi connectivity index (χ0v) is 11.6. The molecule has 2 nitrogen and oxygen atoms in total. The van der Waals surface area contributed by atoms with Crippen molar-refractivity contribution in [2.45, 2.75) is 19.1 Å². The Morgan fingerprint density at radius 2 is 1.80 bits per heavy atom. The SMILES string of the molecule is CC(C)S(=O)(=O)/C=C(\I)c1ccccc1. The van der Waals surface area contributed by atoms with Crippen LogP contribution in [-0.2, 0) is 9.84 Å². The summed E-state index contributed by atoms with van der Waals surface area (Å²) in [6.07, 6.45) is 0. The van der Waals surface area contributed by atoms with Crippen molar-refractivity contribution in [1.29, 1.82) is 0 Å². The lowest BCUT2D eigenvalue weighted by Crippen LogP contribution is -2.10. The Bertz CT molecular complexity index is 447. The van der Waals surface area contributed by atoms with Gasteiger partial charge in [0.05, 0.1) is 5.25 Å². The fourth-order valence-electron chi connectivity index (χ4n) is 0.946. The summed E-state index contributed by atoms with van der Waals surface area (Å²) in [6, 6.07) is 9.49. The van der Waals surface area contributed by atoms with E-state index in [0.29, 0.717) is 0 Å². The van der Waals surface area contributed by atoms with Gasteiger partial charge in [0.15, 0.2) is 9.84 Å². The number of hydrogen-bond acceptors (Lipinski definition) is 2. The smallest absolute Gasteiger partial charge is 0.174 e. The third kappa shape index (κ3) is 3.61. The molecule has 0 aliphatic rings. The van der Waals surface area contributed by atoms with Crippen molar-refractivity contribution in [2.75, 3.05) is 0 Å². The zero-order chi connectivity index (χ0) is 11.5. The van der Waals surface area contributed by atoms with Crippen LogP contribution >= 0.6 is 22.6 Å². The van der Waals surface area contributed by atoms with E-state index in [1.807, 2.05) is 52.9 Å². The molecule has 0 amide bonds. The maximum absolute atomic E-state index is 11.6. The van der Waals surface area contributed by atoms with Crippen molar-refractivity contribution in [3.63, 3.8) is 0 Å². The van der Waals surface area contributed by atoms with Gasteiger partial charge < -0.3 is 0 Å². The van der Waals surface area contributed by atoms with Gasteiger partial charge in [0.2, 0.25) is 0 Å². The number of rotatable bonds is 3. The molecule has 0 aliphatic carbocycles. The summed E-state index contributed by atoms with van der Waals surface area (Å²) in [4.78, 5) is 0. The highest BCUT2D eigenvalue weighted by Crippen LogP contribution is 2.23. The third-order valence-corrected chi connectivity index (χ3v) is 5.21. The molecule has 0 N–H and O–H groups in total. The second-order valence-corrected chi connectivity index (χ2v) is 6.99. The summed E-state index contributed by atoms with van der Waals surface area (Å²) in [6.45, 7) is 3.36. The number of benzene rings is 1. The molecule has 0 fully saturated rings. The summed E-state index contributed by atoms with van der Waals surface area (Å²) in [7, 11) is -3.12. The van der Waals surface area contributed by atoms with Gasteiger partial charge in [0.1, 0.15) is 0 Å². The Labute approximate surface area is 104 Å². The minimum atomic E-state index is -3.12. The molecule has 0 aliphatic heterocycles. The summed E-state index contributed by atoms with van der Waals surface area (Å²) in [5, 5.41) is 0.971. The van der Waals surface area contributed by atoms with Gasteiger partial charge in [0, 0.05) is 8.99 Å². The quantitative estimate of drug-likeness (QED) is 0.794. The van der Waals surface area contributed by atoms with Crippen LogP contribution in [0.2, 0.25) is 0 Å². The average molecular weight is 336 g/mol. The molecular formula is C11H13IO2S. The van der Waals surface area contributed by atoms with Crippen LogP contribution < -0.4 is 0 Å². The van der Waals surface area contributed by atoms with Crippen LogP contribution in [0.4, 0.5) is 0 Å². The number of hydrogen-bond donors (Lipinski definition) is 0. The van der Waals surface area contributed by atoms with Crippen molar-refractivity contribution in [3.05, 3.63) is 41.3 Å². The van der Waals surface area contributed by atoms with Crippen LogP contribution in [0.1, 0.15) is 19.4 Å². The summed E-state index contributed by atoms with van der Waals surface area (Å²) in [5.41, 5.74) is 0.933. The van der Waals surface area contributed by atoms with Crippen molar-refractivity contribution >= 4 is 36.0 Å². The maximum Gasteiger partial charge on any atom is 0.174 e. The van der Waals surface area contributed by atoms with E-state index in [0.717, 1.165) is 9.14 Å². The van der Waals surface area contributed by atoms with Crippen molar-refractivity contribution in [2.24, 2.45) is 0 Å². The molecule has 0 bridgehead atoms. The average Bonchev–Trinajstić information content (AvgIpc) is 2.18. The molecule has 0 unspecified atom stereocenters. The molecule has 0 aromatic heterocycles. The second-order valence-electron chi connectivity index (χ2n) is 3.47. The van der Waals surface area contributed by atoms with Gasteiger partial charge in [0.25, 0.3) is 0 Å². The van der Waals surface area contributed by atoms with Gasteiger partial charge in [-0.05, 0) is 42.0 Å². The molecule has 1 aromatic carbocycles. The monoisotopic (exact) mass is 336 g/mol. The lowest BCUT2D eigenvalue weighted by molar-refractivity contribution is 0.596. The molecule has 15 heavy (non-hydrogen) atoms. The Morgan fingerprint density at radius 1 is 1.27 bits per heavy atom. The first-order valence-electron chi connectivity index (χ1n) is 4.60. The van der Waals surface area contributed by atoms with E-state index in [1.54, 1.807) is 13.8 Å².